The van der Waals surface area contributed by atoms with Crippen LogP contribution < -0.4 is 30.7 Å². The SMILES string of the molecule is CN=C(N)N(c1cc(C#CCCN2CCCC2)ccc1OC)c1occ2ccccc12.CN=C(N)N(c1cc(C#CCCN2CCCC2)ccc1OC)c1occ2ccccc12.O. The second kappa shape index (κ2) is 22.3. The molecule has 0 atom stereocenters. The molecule has 0 amide bonds. The maximum Gasteiger partial charge on any atom is 0.214 e. The second-order valence-electron chi connectivity index (χ2n) is 15.1. The van der Waals surface area contributed by atoms with Gasteiger partial charge < -0.3 is 45.1 Å². The second-order valence-corrected chi connectivity index (χ2v) is 15.1. The highest BCUT2D eigenvalue weighted by atomic mass is 16.5. The van der Waals surface area contributed by atoms with Crippen molar-refractivity contribution in [3.05, 3.63) is 109 Å². The number of benzene rings is 4. The Morgan fingerprint density at radius 3 is 1.40 bits per heavy atom. The number of methoxy groups -OCH3 is 2. The molecule has 13 nitrogen and oxygen atoms in total. The Balaban J connectivity index is 0.000000206. The van der Waals surface area contributed by atoms with Crippen molar-refractivity contribution >= 4 is 56.6 Å². The van der Waals surface area contributed by atoms with Crippen LogP contribution in [0.5, 0.6) is 11.5 Å². The van der Waals surface area contributed by atoms with Crippen LogP contribution in [0.3, 0.4) is 0 Å². The van der Waals surface area contributed by atoms with Gasteiger partial charge in [-0.3, -0.25) is 9.98 Å². The monoisotopic (exact) mass is 850 g/mol. The lowest BCUT2D eigenvalue weighted by atomic mass is 10.1. The average Bonchev–Trinajstić information content (AvgIpc) is 4.17. The zero-order chi connectivity index (χ0) is 43.3. The van der Waals surface area contributed by atoms with Gasteiger partial charge in [-0.1, -0.05) is 60.1 Å². The average molecular weight is 851 g/mol. The molecule has 13 heteroatoms. The molecule has 0 bridgehead atoms. The smallest absolute Gasteiger partial charge is 0.214 e. The summed E-state index contributed by atoms with van der Waals surface area (Å²) in [5.41, 5.74) is 15.9. The van der Waals surface area contributed by atoms with E-state index in [0.717, 1.165) is 70.0 Å². The molecule has 63 heavy (non-hydrogen) atoms. The Hall–Kier alpha value is -6.90. The van der Waals surface area contributed by atoms with E-state index in [9.17, 15) is 0 Å². The number of fused-ring (bicyclic) bond motifs is 2. The Kier molecular flexibility index (Phi) is 16.1. The third kappa shape index (κ3) is 11.0. The summed E-state index contributed by atoms with van der Waals surface area (Å²) in [5, 5.41) is 3.86. The van der Waals surface area contributed by atoms with E-state index in [1.807, 2.05) is 84.9 Å². The molecule has 2 fully saturated rings. The molecule has 0 spiro atoms. The third-order valence-corrected chi connectivity index (χ3v) is 11.1. The van der Waals surface area contributed by atoms with Crippen LogP contribution in [0.2, 0.25) is 0 Å². The molecule has 6 N–H and O–H groups in total. The first-order valence-electron chi connectivity index (χ1n) is 21.2. The van der Waals surface area contributed by atoms with Crippen molar-refractivity contribution in [3.63, 3.8) is 0 Å². The standard InChI is InChI=1S/2C25H28N4O2.H2O/c2*1-27-25(26)29(24-21-11-4-3-10-20(21)18-31-24)22-17-19(12-13-23(22)30-2)9-5-6-14-28-15-7-8-16-28;/h2*3-4,10-13,17-18H,6-8,14-16H2,1-2H3,(H2,26,27);1H2. The number of rotatable bonds is 10. The van der Waals surface area contributed by atoms with Crippen LogP contribution in [0.1, 0.15) is 49.7 Å². The molecule has 6 aromatic rings. The number of hydrogen-bond acceptors (Lipinski definition) is 8. The van der Waals surface area contributed by atoms with Crippen molar-refractivity contribution in [2.24, 2.45) is 21.5 Å². The fraction of sp³-hybridized carbons (Fsp3) is 0.320. The van der Waals surface area contributed by atoms with Crippen LogP contribution in [-0.4, -0.2) is 94.8 Å². The summed E-state index contributed by atoms with van der Waals surface area (Å²) in [7, 11) is 6.58. The highest BCUT2D eigenvalue weighted by Gasteiger charge is 2.25. The number of likely N-dealkylation sites (tertiary alicyclic amines) is 2. The molecule has 2 saturated heterocycles. The Labute approximate surface area is 370 Å². The predicted octanol–water partition coefficient (Wildman–Crippen LogP) is 7.90. The van der Waals surface area contributed by atoms with Crippen molar-refractivity contribution in [1.82, 2.24) is 9.80 Å². The lowest BCUT2D eigenvalue weighted by Crippen LogP contribution is -2.33. The Morgan fingerprint density at radius 1 is 0.619 bits per heavy atom. The number of anilines is 4. The maximum absolute atomic E-state index is 6.32. The number of ether oxygens (including phenoxy) is 2. The normalized spacial score (nSPS) is 14.2. The zero-order valence-electron chi connectivity index (χ0n) is 36.7. The minimum Gasteiger partial charge on any atom is -0.495 e. The van der Waals surface area contributed by atoms with Gasteiger partial charge in [-0.15, -0.1) is 0 Å². The number of guanidine groups is 2. The summed E-state index contributed by atoms with van der Waals surface area (Å²) < 4.78 is 23.1. The molecule has 2 aromatic heterocycles. The van der Waals surface area contributed by atoms with Crippen LogP contribution in [0, 0.1) is 23.7 Å². The number of nitrogens with two attached hydrogens (primary N) is 2. The number of aliphatic imine (C=N–C) groups is 2. The van der Waals surface area contributed by atoms with Gasteiger partial charge in [0.25, 0.3) is 0 Å². The fourth-order valence-electron chi connectivity index (χ4n) is 7.83. The maximum atomic E-state index is 6.32. The lowest BCUT2D eigenvalue weighted by molar-refractivity contribution is 0.348. The van der Waals surface area contributed by atoms with Crippen LogP contribution in [-0.2, 0) is 0 Å². The number of nitrogens with zero attached hydrogens (tertiary/aromatic N) is 6. The summed E-state index contributed by atoms with van der Waals surface area (Å²) in [5.74, 6) is 16.3. The van der Waals surface area contributed by atoms with Crippen LogP contribution >= 0.6 is 0 Å². The van der Waals surface area contributed by atoms with Crippen molar-refractivity contribution in [1.29, 1.82) is 0 Å². The van der Waals surface area contributed by atoms with E-state index in [-0.39, 0.29) is 5.48 Å². The van der Waals surface area contributed by atoms with Crippen LogP contribution in [0.15, 0.2) is 116 Å². The summed E-state index contributed by atoms with van der Waals surface area (Å²) in [6.45, 7) is 6.81. The summed E-state index contributed by atoms with van der Waals surface area (Å²) in [4.78, 5) is 16.9. The molecule has 0 unspecified atom stereocenters. The largest absolute Gasteiger partial charge is 0.495 e. The van der Waals surface area contributed by atoms with Crippen molar-refractivity contribution in [2.75, 3.05) is 77.4 Å². The molecule has 0 saturated carbocycles. The molecular formula is C50H58N8O5. The van der Waals surface area contributed by atoms with Gasteiger partial charge in [0.1, 0.15) is 24.0 Å². The predicted molar refractivity (Wildman–Crippen MR) is 256 cm³/mol. The highest BCUT2D eigenvalue weighted by Crippen LogP contribution is 2.40. The fourth-order valence-corrected chi connectivity index (χ4v) is 7.83. The summed E-state index contributed by atoms with van der Waals surface area (Å²) in [6.07, 6.45) is 10.3. The van der Waals surface area contributed by atoms with Crippen LogP contribution in [0.25, 0.3) is 21.5 Å². The van der Waals surface area contributed by atoms with Gasteiger partial charge in [0.2, 0.25) is 23.7 Å². The van der Waals surface area contributed by atoms with E-state index in [2.05, 4.69) is 43.5 Å². The van der Waals surface area contributed by atoms with Crippen molar-refractivity contribution in [3.8, 4) is 35.2 Å². The summed E-state index contributed by atoms with van der Waals surface area (Å²) >= 11 is 0. The van der Waals surface area contributed by atoms with Gasteiger partial charge in [-0.25, -0.2) is 9.80 Å². The van der Waals surface area contributed by atoms with E-state index in [0.29, 0.717) is 35.2 Å². The minimum absolute atomic E-state index is 0. The first-order chi connectivity index (χ1) is 30.4. The highest BCUT2D eigenvalue weighted by molar-refractivity contribution is 6.09. The number of furan rings is 2. The van der Waals surface area contributed by atoms with Crippen LogP contribution in [0.4, 0.5) is 23.1 Å². The molecule has 2 aliphatic heterocycles. The van der Waals surface area contributed by atoms with E-state index in [1.54, 1.807) is 50.6 Å². The van der Waals surface area contributed by atoms with E-state index >= 15 is 0 Å². The molecule has 328 valence electrons. The summed E-state index contributed by atoms with van der Waals surface area (Å²) in [6, 6.07) is 27.6. The molecule has 2 aliphatic rings. The Bertz CT molecular complexity index is 2450. The topological polar surface area (TPSA) is 166 Å². The van der Waals surface area contributed by atoms with E-state index in [1.165, 1.54) is 51.9 Å². The Morgan fingerprint density at radius 2 is 1.02 bits per heavy atom. The van der Waals surface area contributed by atoms with Gasteiger partial charge in [0, 0.05) is 72.7 Å². The van der Waals surface area contributed by atoms with E-state index < -0.39 is 0 Å². The molecule has 8 rings (SSSR count). The first-order valence-corrected chi connectivity index (χ1v) is 21.2. The number of hydrogen-bond donors (Lipinski definition) is 2. The van der Waals surface area contributed by atoms with Gasteiger partial charge in [0.15, 0.2) is 0 Å². The first kappa shape index (κ1) is 45.6. The molecule has 0 radical (unpaired) electrons. The van der Waals surface area contributed by atoms with E-state index in [4.69, 9.17) is 29.8 Å². The minimum atomic E-state index is 0. The van der Waals surface area contributed by atoms with Crippen molar-refractivity contribution < 1.29 is 23.8 Å². The lowest BCUT2D eigenvalue weighted by Gasteiger charge is -2.23. The molecule has 0 aliphatic carbocycles. The van der Waals surface area contributed by atoms with Gasteiger partial charge in [0.05, 0.1) is 25.6 Å². The molecule has 4 aromatic carbocycles. The van der Waals surface area contributed by atoms with Gasteiger partial charge in [-0.05, 0) is 100 Å². The zero-order valence-corrected chi connectivity index (χ0v) is 36.7. The van der Waals surface area contributed by atoms with Gasteiger partial charge >= 0.3 is 0 Å². The molecule has 4 heterocycles. The third-order valence-electron chi connectivity index (χ3n) is 11.1. The van der Waals surface area contributed by atoms with Crippen molar-refractivity contribution in [2.45, 2.75) is 38.5 Å². The quantitative estimate of drug-likeness (QED) is 0.0786. The van der Waals surface area contributed by atoms with Gasteiger partial charge in [-0.2, -0.15) is 0 Å². The molecular weight excluding hydrogens is 793 g/mol.